The second-order valence-corrected chi connectivity index (χ2v) is 6.03. The molecule has 0 fully saturated rings. The Bertz CT molecular complexity index is 466. The van der Waals surface area contributed by atoms with Crippen LogP contribution >= 0.6 is 27.7 Å². The maximum atomic E-state index is 10.6. The maximum absolute atomic E-state index is 10.6. The second-order valence-electron chi connectivity index (χ2n) is 3.75. The molecule has 1 aromatic carbocycles. The number of carboxylic acids is 1. The molecule has 0 bridgehead atoms. The lowest BCUT2D eigenvalue weighted by Crippen LogP contribution is -2.05. The van der Waals surface area contributed by atoms with Crippen molar-refractivity contribution in [3.63, 3.8) is 0 Å². The Kier molecular flexibility index (Phi) is 5.61. The standard InChI is InChI=1S/C11H12BrNO4S/c1-7(4-11(14)15)18-6-8-2-3-9(13(16)17)5-10(8)12/h2-3,5,7H,4,6H2,1H3,(H,14,15). The molecule has 5 nitrogen and oxygen atoms in total. The fourth-order valence-corrected chi connectivity index (χ4v) is 2.97. The third kappa shape index (κ3) is 4.66. The van der Waals surface area contributed by atoms with Gasteiger partial charge in [-0.1, -0.05) is 28.9 Å². The van der Waals surface area contributed by atoms with E-state index in [1.807, 2.05) is 6.92 Å². The number of carboxylic acid groups (broad SMARTS) is 1. The van der Waals surface area contributed by atoms with E-state index in [4.69, 9.17) is 5.11 Å². The van der Waals surface area contributed by atoms with Crippen molar-refractivity contribution in [3.8, 4) is 0 Å². The number of non-ortho nitro benzene ring substituents is 1. The Balaban J connectivity index is 2.63. The molecule has 18 heavy (non-hydrogen) atoms. The van der Waals surface area contributed by atoms with Crippen molar-refractivity contribution in [1.29, 1.82) is 0 Å². The molecule has 0 spiro atoms. The van der Waals surface area contributed by atoms with E-state index in [1.54, 1.807) is 6.07 Å². The SMILES string of the molecule is CC(CC(=O)O)SCc1ccc([N+](=O)[O-])cc1Br. The minimum absolute atomic E-state index is 0.00425. The van der Waals surface area contributed by atoms with E-state index in [0.29, 0.717) is 10.2 Å². The summed E-state index contributed by atoms with van der Waals surface area (Å²) in [5.41, 5.74) is 0.956. The summed E-state index contributed by atoms with van der Waals surface area (Å²) < 4.78 is 0.673. The molecule has 7 heteroatoms. The van der Waals surface area contributed by atoms with Crippen LogP contribution in [0, 0.1) is 10.1 Å². The van der Waals surface area contributed by atoms with E-state index < -0.39 is 10.9 Å². The molecule has 0 aliphatic carbocycles. The highest BCUT2D eigenvalue weighted by atomic mass is 79.9. The van der Waals surface area contributed by atoms with Crippen molar-refractivity contribution in [2.75, 3.05) is 0 Å². The van der Waals surface area contributed by atoms with Crippen LogP contribution in [0.3, 0.4) is 0 Å². The predicted molar refractivity (Wildman–Crippen MR) is 73.8 cm³/mol. The lowest BCUT2D eigenvalue weighted by Gasteiger charge is -2.09. The van der Waals surface area contributed by atoms with Crippen LogP contribution in [0.1, 0.15) is 18.9 Å². The topological polar surface area (TPSA) is 80.4 Å². The predicted octanol–water partition coefficient (Wildman–Crippen LogP) is 3.45. The van der Waals surface area contributed by atoms with Crippen LogP contribution < -0.4 is 0 Å². The molecule has 1 aromatic rings. The molecule has 0 saturated heterocycles. The van der Waals surface area contributed by atoms with Gasteiger partial charge < -0.3 is 5.11 Å². The lowest BCUT2D eigenvalue weighted by atomic mass is 10.2. The number of nitro groups is 1. The first-order chi connectivity index (χ1) is 8.40. The summed E-state index contributed by atoms with van der Waals surface area (Å²) in [6, 6.07) is 4.59. The van der Waals surface area contributed by atoms with Gasteiger partial charge in [-0.25, -0.2) is 0 Å². The molecule has 1 N–H and O–H groups in total. The quantitative estimate of drug-likeness (QED) is 0.636. The normalized spacial score (nSPS) is 12.1. The summed E-state index contributed by atoms with van der Waals surface area (Å²) in [5.74, 6) is -0.203. The Morgan fingerprint density at radius 2 is 2.28 bits per heavy atom. The van der Waals surface area contributed by atoms with Gasteiger partial charge in [-0.05, 0) is 5.56 Å². The number of nitrogens with zero attached hydrogens (tertiary/aromatic N) is 1. The van der Waals surface area contributed by atoms with Crippen molar-refractivity contribution in [3.05, 3.63) is 38.3 Å². The molecule has 0 saturated carbocycles. The van der Waals surface area contributed by atoms with Crippen LogP contribution in [0.5, 0.6) is 0 Å². The van der Waals surface area contributed by atoms with Crippen LogP contribution in [0.2, 0.25) is 0 Å². The molecule has 1 rings (SSSR count). The van der Waals surface area contributed by atoms with E-state index >= 15 is 0 Å². The summed E-state index contributed by atoms with van der Waals surface area (Å²) >= 11 is 4.79. The Labute approximate surface area is 117 Å². The van der Waals surface area contributed by atoms with Crippen molar-refractivity contribution < 1.29 is 14.8 Å². The van der Waals surface area contributed by atoms with Gasteiger partial charge in [0.25, 0.3) is 5.69 Å². The van der Waals surface area contributed by atoms with Gasteiger partial charge in [0.05, 0.1) is 11.3 Å². The highest BCUT2D eigenvalue weighted by Gasteiger charge is 2.12. The van der Waals surface area contributed by atoms with Gasteiger partial charge in [-0.3, -0.25) is 14.9 Å². The zero-order chi connectivity index (χ0) is 13.7. The van der Waals surface area contributed by atoms with Crippen LogP contribution in [0.4, 0.5) is 5.69 Å². The van der Waals surface area contributed by atoms with Gasteiger partial charge in [-0.15, -0.1) is 0 Å². The zero-order valence-corrected chi connectivity index (χ0v) is 12.0. The number of rotatable bonds is 6. The monoisotopic (exact) mass is 333 g/mol. The first kappa shape index (κ1) is 15.0. The average Bonchev–Trinajstić information content (AvgIpc) is 2.26. The molecule has 0 aromatic heterocycles. The van der Waals surface area contributed by atoms with Crippen molar-refractivity contribution in [2.45, 2.75) is 24.3 Å². The van der Waals surface area contributed by atoms with Crippen molar-refractivity contribution >= 4 is 39.3 Å². The summed E-state index contributed by atoms with van der Waals surface area (Å²) in [6.07, 6.45) is 0.106. The minimum Gasteiger partial charge on any atom is -0.481 e. The van der Waals surface area contributed by atoms with Crippen LogP contribution in [0.25, 0.3) is 0 Å². The number of hydrogen-bond acceptors (Lipinski definition) is 4. The number of carbonyl (C=O) groups is 1. The molecule has 0 aliphatic rings. The van der Waals surface area contributed by atoms with Gasteiger partial charge in [-0.2, -0.15) is 11.8 Å². The number of thioether (sulfide) groups is 1. The smallest absolute Gasteiger partial charge is 0.304 e. The minimum atomic E-state index is -0.822. The fraction of sp³-hybridized carbons (Fsp3) is 0.364. The Morgan fingerprint density at radius 3 is 2.78 bits per heavy atom. The Hall–Kier alpha value is -1.08. The first-order valence-electron chi connectivity index (χ1n) is 5.16. The van der Waals surface area contributed by atoms with Gasteiger partial charge >= 0.3 is 5.97 Å². The number of hydrogen-bond donors (Lipinski definition) is 1. The van der Waals surface area contributed by atoms with E-state index in [9.17, 15) is 14.9 Å². The zero-order valence-electron chi connectivity index (χ0n) is 9.63. The van der Waals surface area contributed by atoms with Crippen molar-refractivity contribution in [2.24, 2.45) is 0 Å². The number of benzene rings is 1. The maximum Gasteiger partial charge on any atom is 0.304 e. The number of aliphatic carboxylic acids is 1. The molecule has 1 unspecified atom stereocenters. The van der Waals surface area contributed by atoms with Gasteiger partial charge in [0.15, 0.2) is 0 Å². The van der Waals surface area contributed by atoms with Gasteiger partial charge in [0.1, 0.15) is 0 Å². The first-order valence-corrected chi connectivity index (χ1v) is 7.00. The van der Waals surface area contributed by atoms with E-state index in [-0.39, 0.29) is 17.4 Å². The molecule has 0 amide bonds. The summed E-state index contributed by atoms with van der Waals surface area (Å²) in [6.45, 7) is 1.85. The molecule has 0 radical (unpaired) electrons. The highest BCUT2D eigenvalue weighted by Crippen LogP contribution is 2.28. The van der Waals surface area contributed by atoms with Crippen LogP contribution in [-0.4, -0.2) is 21.2 Å². The molecule has 0 aliphatic heterocycles. The van der Waals surface area contributed by atoms with Crippen molar-refractivity contribution in [1.82, 2.24) is 0 Å². The summed E-state index contributed by atoms with van der Waals surface area (Å²) in [5, 5.41) is 19.2. The third-order valence-corrected chi connectivity index (χ3v) is 4.18. The molecule has 1 atom stereocenters. The summed E-state index contributed by atoms with van der Waals surface area (Å²) in [4.78, 5) is 20.6. The average molecular weight is 334 g/mol. The van der Waals surface area contributed by atoms with Crippen LogP contribution in [-0.2, 0) is 10.5 Å². The molecular formula is C11H12BrNO4S. The largest absolute Gasteiger partial charge is 0.481 e. The fourth-order valence-electron chi connectivity index (χ4n) is 1.30. The third-order valence-electron chi connectivity index (χ3n) is 2.23. The van der Waals surface area contributed by atoms with Crippen LogP contribution in [0.15, 0.2) is 22.7 Å². The summed E-state index contributed by atoms with van der Waals surface area (Å²) in [7, 11) is 0. The second kappa shape index (κ2) is 6.75. The van der Waals surface area contributed by atoms with E-state index in [2.05, 4.69) is 15.9 Å². The van der Waals surface area contributed by atoms with E-state index in [1.165, 1.54) is 23.9 Å². The number of halogens is 1. The molecular weight excluding hydrogens is 322 g/mol. The highest BCUT2D eigenvalue weighted by molar-refractivity contribution is 9.10. The van der Waals surface area contributed by atoms with E-state index in [0.717, 1.165) is 5.56 Å². The Morgan fingerprint density at radius 1 is 1.61 bits per heavy atom. The van der Waals surface area contributed by atoms with Gasteiger partial charge in [0.2, 0.25) is 0 Å². The van der Waals surface area contributed by atoms with Gasteiger partial charge in [0, 0.05) is 27.6 Å². The number of nitro benzene ring substituents is 1. The lowest BCUT2D eigenvalue weighted by molar-refractivity contribution is -0.384. The molecule has 98 valence electrons. The molecule has 0 heterocycles.